The van der Waals surface area contributed by atoms with E-state index in [0.717, 1.165) is 17.4 Å². The lowest BCUT2D eigenvalue weighted by atomic mass is 10.2. The van der Waals surface area contributed by atoms with E-state index in [-0.39, 0.29) is 18.4 Å². The van der Waals surface area contributed by atoms with Crippen molar-refractivity contribution in [1.29, 1.82) is 0 Å². The number of hydrogen-bond acceptors (Lipinski definition) is 4. The van der Waals surface area contributed by atoms with Gasteiger partial charge >= 0.3 is 0 Å². The van der Waals surface area contributed by atoms with Gasteiger partial charge in [-0.15, -0.1) is 0 Å². The third-order valence-corrected chi connectivity index (χ3v) is 4.36. The van der Waals surface area contributed by atoms with Gasteiger partial charge in [0.1, 0.15) is 23.6 Å². The van der Waals surface area contributed by atoms with Crippen molar-refractivity contribution in [3.63, 3.8) is 0 Å². The van der Waals surface area contributed by atoms with Gasteiger partial charge in [-0.1, -0.05) is 37.3 Å². The summed E-state index contributed by atoms with van der Waals surface area (Å²) in [4.78, 5) is 26.6. The van der Waals surface area contributed by atoms with E-state index in [0.29, 0.717) is 23.7 Å². The summed E-state index contributed by atoms with van der Waals surface area (Å²) >= 11 is 0. The van der Waals surface area contributed by atoms with Crippen LogP contribution in [0.4, 0.5) is 5.69 Å². The van der Waals surface area contributed by atoms with Crippen LogP contribution in [0.25, 0.3) is 17.0 Å². The molecule has 0 saturated carbocycles. The molecule has 0 radical (unpaired) electrons. The van der Waals surface area contributed by atoms with E-state index in [1.807, 2.05) is 49.4 Å². The minimum atomic E-state index is -0.284. The number of fused-ring (bicyclic) bond motifs is 1. The second-order valence-corrected chi connectivity index (χ2v) is 6.53. The third-order valence-electron chi connectivity index (χ3n) is 4.36. The maximum Gasteiger partial charge on any atom is 0.247 e. The third kappa shape index (κ3) is 5.25. The van der Waals surface area contributed by atoms with Crippen molar-refractivity contribution in [3.8, 4) is 5.75 Å². The molecule has 0 aliphatic carbocycles. The highest BCUT2D eigenvalue weighted by Crippen LogP contribution is 2.23. The molecular formula is C23H24N2O4. The summed E-state index contributed by atoms with van der Waals surface area (Å²) in [6, 6.07) is 16.7. The summed E-state index contributed by atoms with van der Waals surface area (Å²) in [6.07, 6.45) is 3.80. The zero-order valence-electron chi connectivity index (χ0n) is 16.6. The lowest BCUT2D eigenvalue weighted by Crippen LogP contribution is -2.37. The fourth-order valence-corrected chi connectivity index (χ4v) is 2.99. The van der Waals surface area contributed by atoms with Gasteiger partial charge in [-0.3, -0.25) is 9.59 Å². The maximum atomic E-state index is 12.6. The van der Waals surface area contributed by atoms with Crippen LogP contribution in [0.5, 0.6) is 5.75 Å². The first-order valence-corrected chi connectivity index (χ1v) is 9.49. The first-order chi connectivity index (χ1) is 14.1. The van der Waals surface area contributed by atoms with Gasteiger partial charge in [-0.2, -0.15) is 0 Å². The topological polar surface area (TPSA) is 71.8 Å². The molecule has 150 valence electrons. The second kappa shape index (κ2) is 9.59. The molecule has 0 saturated heterocycles. The molecule has 3 rings (SSSR count). The standard InChI is InChI=1S/C23H24N2O4/c1-3-14-25(16-22(26)24-19-9-5-7-11-21(19)28-2)23(27)13-12-18-15-17-8-4-6-10-20(17)29-18/h4-13,15H,3,14,16H2,1-2H3,(H,24,26)/b13-12+. The number of hydrogen-bond donors (Lipinski definition) is 1. The minimum absolute atomic E-state index is 0.0464. The summed E-state index contributed by atoms with van der Waals surface area (Å²) in [5.74, 6) is 0.629. The number of nitrogens with one attached hydrogen (secondary N) is 1. The molecule has 0 unspecified atom stereocenters. The molecule has 29 heavy (non-hydrogen) atoms. The van der Waals surface area contributed by atoms with Gasteiger partial charge in [-0.05, 0) is 36.8 Å². The lowest BCUT2D eigenvalue weighted by molar-refractivity contribution is -0.130. The number of carbonyl (C=O) groups excluding carboxylic acids is 2. The van der Waals surface area contributed by atoms with Crippen molar-refractivity contribution in [2.45, 2.75) is 13.3 Å². The zero-order chi connectivity index (χ0) is 20.6. The van der Waals surface area contributed by atoms with Gasteiger partial charge < -0.3 is 19.4 Å². The smallest absolute Gasteiger partial charge is 0.247 e. The van der Waals surface area contributed by atoms with E-state index in [9.17, 15) is 9.59 Å². The van der Waals surface area contributed by atoms with Crippen LogP contribution in [0.15, 0.2) is 65.1 Å². The number of methoxy groups -OCH3 is 1. The van der Waals surface area contributed by atoms with Gasteiger partial charge in [0.15, 0.2) is 0 Å². The van der Waals surface area contributed by atoms with E-state index in [1.165, 1.54) is 11.0 Å². The second-order valence-electron chi connectivity index (χ2n) is 6.53. The molecule has 6 heteroatoms. The van der Waals surface area contributed by atoms with Crippen LogP contribution in [0.2, 0.25) is 0 Å². The van der Waals surface area contributed by atoms with Gasteiger partial charge in [0.25, 0.3) is 0 Å². The SMILES string of the molecule is CCCN(CC(=O)Nc1ccccc1OC)C(=O)/C=C/c1cc2ccccc2o1. The van der Waals surface area contributed by atoms with E-state index in [4.69, 9.17) is 9.15 Å². The molecule has 0 bridgehead atoms. The normalized spacial score (nSPS) is 11.0. The number of benzene rings is 2. The number of para-hydroxylation sites is 3. The molecule has 2 aromatic carbocycles. The molecule has 0 aliphatic heterocycles. The van der Waals surface area contributed by atoms with E-state index in [2.05, 4.69) is 5.32 Å². The Balaban J connectivity index is 1.66. The molecule has 0 spiro atoms. The van der Waals surface area contributed by atoms with Crippen molar-refractivity contribution in [1.82, 2.24) is 4.90 Å². The van der Waals surface area contributed by atoms with Crippen LogP contribution < -0.4 is 10.1 Å². The quantitative estimate of drug-likeness (QED) is 0.579. The van der Waals surface area contributed by atoms with Gasteiger partial charge in [0.05, 0.1) is 12.8 Å². The van der Waals surface area contributed by atoms with Crippen LogP contribution >= 0.6 is 0 Å². The zero-order valence-corrected chi connectivity index (χ0v) is 16.6. The van der Waals surface area contributed by atoms with Crippen LogP contribution in [0.1, 0.15) is 19.1 Å². The summed E-state index contributed by atoms with van der Waals surface area (Å²) in [5, 5.41) is 3.77. The first kappa shape index (κ1) is 20.2. The Bertz CT molecular complexity index is 989. The average Bonchev–Trinajstić information content (AvgIpc) is 3.15. The molecule has 0 atom stereocenters. The fourth-order valence-electron chi connectivity index (χ4n) is 2.99. The number of rotatable bonds is 8. The highest BCUT2D eigenvalue weighted by Gasteiger charge is 2.16. The number of ether oxygens (including phenoxy) is 1. The predicted octanol–water partition coefficient (Wildman–Crippen LogP) is 4.33. The van der Waals surface area contributed by atoms with E-state index < -0.39 is 0 Å². The highest BCUT2D eigenvalue weighted by atomic mass is 16.5. The Morgan fingerprint density at radius 2 is 1.90 bits per heavy atom. The number of carbonyl (C=O) groups is 2. The summed E-state index contributed by atoms with van der Waals surface area (Å²) < 4.78 is 10.9. The molecule has 1 aromatic heterocycles. The van der Waals surface area contributed by atoms with Crippen molar-refractivity contribution in [2.75, 3.05) is 25.5 Å². The van der Waals surface area contributed by atoms with Crippen LogP contribution in [0.3, 0.4) is 0 Å². The Kier molecular flexibility index (Phi) is 6.68. The number of nitrogens with zero attached hydrogens (tertiary/aromatic N) is 1. The van der Waals surface area contributed by atoms with Crippen LogP contribution in [-0.4, -0.2) is 36.9 Å². The Hall–Kier alpha value is -3.54. The van der Waals surface area contributed by atoms with E-state index >= 15 is 0 Å². The number of furan rings is 1. The Morgan fingerprint density at radius 3 is 2.66 bits per heavy atom. The van der Waals surface area contributed by atoms with Gasteiger partial charge in [-0.25, -0.2) is 0 Å². The van der Waals surface area contributed by atoms with Crippen molar-refractivity contribution in [2.24, 2.45) is 0 Å². The predicted molar refractivity (Wildman–Crippen MR) is 114 cm³/mol. The van der Waals surface area contributed by atoms with Crippen molar-refractivity contribution >= 4 is 34.5 Å². The summed E-state index contributed by atoms with van der Waals surface area (Å²) in [7, 11) is 1.54. The maximum absolute atomic E-state index is 12.6. The van der Waals surface area contributed by atoms with Crippen LogP contribution in [0, 0.1) is 0 Å². The Morgan fingerprint density at radius 1 is 1.14 bits per heavy atom. The first-order valence-electron chi connectivity index (χ1n) is 9.49. The monoisotopic (exact) mass is 392 g/mol. The molecule has 6 nitrogen and oxygen atoms in total. The lowest BCUT2D eigenvalue weighted by Gasteiger charge is -2.20. The van der Waals surface area contributed by atoms with Crippen molar-refractivity contribution in [3.05, 3.63) is 66.4 Å². The number of amides is 2. The van der Waals surface area contributed by atoms with Crippen molar-refractivity contribution < 1.29 is 18.7 Å². The van der Waals surface area contributed by atoms with Gasteiger partial charge in [0.2, 0.25) is 11.8 Å². The Labute approximate surface area is 169 Å². The molecule has 0 aliphatic rings. The molecule has 1 N–H and O–H groups in total. The summed E-state index contributed by atoms with van der Waals surface area (Å²) in [5.41, 5.74) is 1.34. The number of anilines is 1. The fraction of sp³-hybridized carbons (Fsp3) is 0.217. The van der Waals surface area contributed by atoms with E-state index in [1.54, 1.807) is 25.3 Å². The minimum Gasteiger partial charge on any atom is -0.495 e. The largest absolute Gasteiger partial charge is 0.495 e. The molecule has 1 heterocycles. The molecule has 2 amide bonds. The summed E-state index contributed by atoms with van der Waals surface area (Å²) in [6.45, 7) is 2.39. The highest BCUT2D eigenvalue weighted by molar-refractivity contribution is 5.98. The molecule has 0 fully saturated rings. The van der Waals surface area contributed by atoms with Gasteiger partial charge in [0, 0.05) is 18.0 Å². The van der Waals surface area contributed by atoms with Crippen LogP contribution in [-0.2, 0) is 9.59 Å². The molecule has 3 aromatic rings. The molecular weight excluding hydrogens is 368 g/mol. The average molecular weight is 392 g/mol.